The SMILES string of the molecule is CCS(=O)(=O)NC(=O)c1cccc(OC)c1. The third-order valence-corrected chi connectivity index (χ3v) is 3.22. The zero-order valence-electron chi connectivity index (χ0n) is 9.06. The average molecular weight is 243 g/mol. The summed E-state index contributed by atoms with van der Waals surface area (Å²) in [5.41, 5.74) is 0.247. The summed E-state index contributed by atoms with van der Waals surface area (Å²) in [6.45, 7) is 1.46. The number of amides is 1. The van der Waals surface area contributed by atoms with Crippen molar-refractivity contribution in [3.8, 4) is 5.75 Å². The van der Waals surface area contributed by atoms with E-state index in [1.807, 2.05) is 4.72 Å². The van der Waals surface area contributed by atoms with Crippen LogP contribution in [0.3, 0.4) is 0 Å². The van der Waals surface area contributed by atoms with E-state index in [9.17, 15) is 13.2 Å². The molecule has 16 heavy (non-hydrogen) atoms. The highest BCUT2D eigenvalue weighted by Crippen LogP contribution is 2.12. The van der Waals surface area contributed by atoms with Gasteiger partial charge in [-0.3, -0.25) is 4.79 Å². The molecule has 6 heteroatoms. The highest BCUT2D eigenvalue weighted by Gasteiger charge is 2.13. The summed E-state index contributed by atoms with van der Waals surface area (Å²) < 4.78 is 29.2. The van der Waals surface area contributed by atoms with Crippen LogP contribution in [0.1, 0.15) is 17.3 Å². The second-order valence-electron chi connectivity index (χ2n) is 3.07. The van der Waals surface area contributed by atoms with Crippen molar-refractivity contribution in [1.29, 1.82) is 0 Å². The summed E-state index contributed by atoms with van der Waals surface area (Å²) in [5.74, 6) is -0.287. The van der Waals surface area contributed by atoms with Crippen LogP contribution in [0.4, 0.5) is 0 Å². The second kappa shape index (κ2) is 4.98. The van der Waals surface area contributed by atoms with Gasteiger partial charge in [0, 0.05) is 5.56 Å². The Balaban J connectivity index is 2.89. The summed E-state index contributed by atoms with van der Waals surface area (Å²) in [7, 11) is -2.05. The Hall–Kier alpha value is -1.56. The van der Waals surface area contributed by atoms with E-state index in [-0.39, 0.29) is 11.3 Å². The first kappa shape index (κ1) is 12.5. The van der Waals surface area contributed by atoms with E-state index >= 15 is 0 Å². The van der Waals surface area contributed by atoms with Gasteiger partial charge in [-0.2, -0.15) is 0 Å². The number of carbonyl (C=O) groups excluding carboxylic acids is 1. The molecule has 0 unspecified atom stereocenters. The van der Waals surface area contributed by atoms with Crippen molar-refractivity contribution in [2.45, 2.75) is 6.92 Å². The molecular formula is C10H13NO4S. The van der Waals surface area contributed by atoms with Crippen LogP contribution < -0.4 is 9.46 Å². The third-order valence-electron chi connectivity index (χ3n) is 1.96. The largest absolute Gasteiger partial charge is 0.497 e. The standard InChI is InChI=1S/C10H13NO4S/c1-3-16(13,14)11-10(12)8-5-4-6-9(7-8)15-2/h4-7H,3H2,1-2H3,(H,11,12). The van der Waals surface area contributed by atoms with Crippen LogP contribution in [0, 0.1) is 0 Å². The van der Waals surface area contributed by atoms with Gasteiger partial charge in [0.05, 0.1) is 12.9 Å². The molecule has 0 aliphatic rings. The highest BCUT2D eigenvalue weighted by atomic mass is 32.2. The lowest BCUT2D eigenvalue weighted by molar-refractivity contribution is 0.0981. The Kier molecular flexibility index (Phi) is 3.89. The maximum atomic E-state index is 11.5. The molecule has 0 heterocycles. The number of sulfonamides is 1. The zero-order valence-corrected chi connectivity index (χ0v) is 9.87. The molecule has 0 spiro atoms. The van der Waals surface area contributed by atoms with Gasteiger partial charge in [-0.15, -0.1) is 0 Å². The molecule has 0 aliphatic heterocycles. The number of hydrogen-bond acceptors (Lipinski definition) is 4. The molecule has 88 valence electrons. The summed E-state index contributed by atoms with van der Waals surface area (Å²) in [5, 5.41) is 0. The van der Waals surface area contributed by atoms with Gasteiger partial charge in [0.15, 0.2) is 0 Å². The molecule has 0 aliphatic carbocycles. The van der Waals surface area contributed by atoms with Gasteiger partial charge < -0.3 is 4.74 Å². The first-order valence-electron chi connectivity index (χ1n) is 4.67. The van der Waals surface area contributed by atoms with E-state index in [4.69, 9.17) is 4.74 Å². The third kappa shape index (κ3) is 3.23. The van der Waals surface area contributed by atoms with Crippen LogP contribution in [0.5, 0.6) is 5.75 Å². The van der Waals surface area contributed by atoms with Gasteiger partial charge in [0.25, 0.3) is 5.91 Å². The Morgan fingerprint density at radius 3 is 2.69 bits per heavy atom. The number of hydrogen-bond donors (Lipinski definition) is 1. The van der Waals surface area contributed by atoms with E-state index in [0.717, 1.165) is 0 Å². The summed E-state index contributed by atoms with van der Waals surface area (Å²) in [6, 6.07) is 6.28. The predicted molar refractivity (Wildman–Crippen MR) is 59.9 cm³/mol. The molecule has 1 aromatic rings. The van der Waals surface area contributed by atoms with Gasteiger partial charge >= 0.3 is 0 Å². The van der Waals surface area contributed by atoms with Crippen LogP contribution in [0.2, 0.25) is 0 Å². The van der Waals surface area contributed by atoms with Crippen LogP contribution in [-0.4, -0.2) is 27.2 Å². The molecule has 0 fully saturated rings. The van der Waals surface area contributed by atoms with Crippen molar-refractivity contribution >= 4 is 15.9 Å². The Morgan fingerprint density at radius 2 is 2.12 bits per heavy atom. The van der Waals surface area contributed by atoms with Gasteiger partial charge in [0.1, 0.15) is 5.75 Å². The van der Waals surface area contributed by atoms with E-state index < -0.39 is 15.9 Å². The molecule has 1 N–H and O–H groups in total. The van der Waals surface area contributed by atoms with Crippen molar-refractivity contribution in [3.05, 3.63) is 29.8 Å². The molecule has 0 bridgehead atoms. The fraction of sp³-hybridized carbons (Fsp3) is 0.300. The number of methoxy groups -OCH3 is 1. The van der Waals surface area contributed by atoms with Crippen LogP contribution in [0.25, 0.3) is 0 Å². The number of benzene rings is 1. The number of nitrogens with one attached hydrogen (secondary N) is 1. The topological polar surface area (TPSA) is 72.5 Å². The normalized spacial score (nSPS) is 10.9. The molecule has 0 saturated heterocycles. The molecular weight excluding hydrogens is 230 g/mol. The Bertz CT molecular complexity index is 481. The molecule has 1 aromatic carbocycles. The van der Waals surface area contributed by atoms with Gasteiger partial charge in [-0.1, -0.05) is 6.07 Å². The maximum absolute atomic E-state index is 11.5. The zero-order chi connectivity index (χ0) is 12.2. The van der Waals surface area contributed by atoms with Crippen molar-refractivity contribution in [2.75, 3.05) is 12.9 Å². The van der Waals surface area contributed by atoms with Gasteiger partial charge in [0.2, 0.25) is 10.0 Å². The molecule has 0 radical (unpaired) electrons. The van der Waals surface area contributed by atoms with Crippen molar-refractivity contribution in [2.24, 2.45) is 0 Å². The Labute approximate surface area is 94.5 Å². The maximum Gasteiger partial charge on any atom is 0.264 e. The number of rotatable bonds is 4. The molecule has 1 rings (SSSR count). The quantitative estimate of drug-likeness (QED) is 0.848. The molecule has 5 nitrogen and oxygen atoms in total. The summed E-state index contributed by atoms with van der Waals surface area (Å²) in [6.07, 6.45) is 0. The van der Waals surface area contributed by atoms with Gasteiger partial charge in [-0.05, 0) is 25.1 Å². The van der Waals surface area contributed by atoms with E-state index in [1.165, 1.54) is 26.2 Å². The van der Waals surface area contributed by atoms with Crippen LogP contribution in [-0.2, 0) is 10.0 Å². The minimum Gasteiger partial charge on any atom is -0.497 e. The van der Waals surface area contributed by atoms with Crippen LogP contribution in [0.15, 0.2) is 24.3 Å². The lowest BCUT2D eigenvalue weighted by Crippen LogP contribution is -2.31. The summed E-state index contributed by atoms with van der Waals surface area (Å²) in [4.78, 5) is 11.5. The first-order valence-corrected chi connectivity index (χ1v) is 6.32. The Morgan fingerprint density at radius 1 is 1.44 bits per heavy atom. The summed E-state index contributed by atoms with van der Waals surface area (Å²) >= 11 is 0. The predicted octanol–water partition coefficient (Wildman–Crippen LogP) is 0.775. The molecule has 0 saturated carbocycles. The fourth-order valence-corrected chi connectivity index (χ4v) is 1.58. The van der Waals surface area contributed by atoms with Gasteiger partial charge in [-0.25, -0.2) is 13.1 Å². The second-order valence-corrected chi connectivity index (χ2v) is 5.08. The average Bonchev–Trinajstić information content (AvgIpc) is 2.28. The lowest BCUT2D eigenvalue weighted by atomic mass is 10.2. The minimum absolute atomic E-state index is 0.136. The lowest BCUT2D eigenvalue weighted by Gasteiger charge is -2.05. The number of carbonyl (C=O) groups is 1. The first-order chi connectivity index (χ1) is 7.48. The molecule has 1 amide bonds. The fourth-order valence-electron chi connectivity index (χ4n) is 1.04. The van der Waals surface area contributed by atoms with Crippen molar-refractivity contribution in [3.63, 3.8) is 0 Å². The monoisotopic (exact) mass is 243 g/mol. The van der Waals surface area contributed by atoms with E-state index in [0.29, 0.717) is 5.75 Å². The van der Waals surface area contributed by atoms with E-state index in [2.05, 4.69) is 0 Å². The smallest absolute Gasteiger partial charge is 0.264 e. The molecule has 0 aromatic heterocycles. The number of ether oxygens (including phenoxy) is 1. The van der Waals surface area contributed by atoms with Crippen LogP contribution >= 0.6 is 0 Å². The van der Waals surface area contributed by atoms with Crippen molar-refractivity contribution in [1.82, 2.24) is 4.72 Å². The minimum atomic E-state index is -3.53. The molecule has 0 atom stereocenters. The van der Waals surface area contributed by atoms with E-state index in [1.54, 1.807) is 12.1 Å². The van der Waals surface area contributed by atoms with Crippen molar-refractivity contribution < 1.29 is 17.9 Å². The highest BCUT2D eigenvalue weighted by molar-refractivity contribution is 7.90.